The number of nitrogens with two attached hydrogens (primary N) is 1. The van der Waals surface area contributed by atoms with E-state index in [1.807, 2.05) is 44.1 Å². The number of benzene rings is 1. The number of rotatable bonds is 6. The zero-order chi connectivity index (χ0) is 13.5. The highest BCUT2D eigenvalue weighted by Crippen LogP contribution is 2.25. The molecule has 1 rings (SSSR count). The number of aryl methyl sites for hydroxylation is 1. The molecule has 1 aromatic rings. The monoisotopic (exact) mass is 251 g/mol. The van der Waals surface area contributed by atoms with Crippen LogP contribution in [0.15, 0.2) is 18.2 Å². The first-order valence-electron chi connectivity index (χ1n) is 5.91. The molecule has 0 spiro atoms. The molecule has 0 heterocycles. The molecule has 1 amide bonds. The third kappa shape index (κ3) is 4.73. The summed E-state index contributed by atoms with van der Waals surface area (Å²) in [5.41, 5.74) is 7.03. The molecule has 5 heteroatoms. The van der Waals surface area contributed by atoms with Crippen molar-refractivity contribution in [1.82, 2.24) is 4.90 Å². The second-order valence-corrected chi connectivity index (χ2v) is 4.40. The maximum absolute atomic E-state index is 11.3. The van der Waals surface area contributed by atoms with Crippen molar-refractivity contribution in [1.29, 1.82) is 0 Å². The van der Waals surface area contributed by atoms with Crippen LogP contribution in [0.5, 0.6) is 5.75 Å². The number of nitrogens with zero attached hydrogens (tertiary/aromatic N) is 1. The van der Waals surface area contributed by atoms with Crippen LogP contribution in [0, 0.1) is 6.92 Å². The molecule has 0 saturated heterocycles. The summed E-state index contributed by atoms with van der Waals surface area (Å²) in [6, 6.07) is 5.65. The molecule has 100 valence electrons. The summed E-state index contributed by atoms with van der Waals surface area (Å²) < 4.78 is 5.68. The van der Waals surface area contributed by atoms with Gasteiger partial charge in [0.25, 0.3) is 0 Å². The molecule has 0 aliphatic carbocycles. The van der Waals surface area contributed by atoms with Crippen LogP contribution in [0.3, 0.4) is 0 Å². The van der Waals surface area contributed by atoms with Gasteiger partial charge in [0.1, 0.15) is 12.4 Å². The molecule has 0 radical (unpaired) electrons. The van der Waals surface area contributed by atoms with E-state index in [-0.39, 0.29) is 12.5 Å². The number of amides is 1. The van der Waals surface area contributed by atoms with Gasteiger partial charge in [-0.15, -0.1) is 0 Å². The van der Waals surface area contributed by atoms with Crippen molar-refractivity contribution in [2.24, 2.45) is 5.73 Å². The quantitative estimate of drug-likeness (QED) is 0.786. The number of hydrogen-bond donors (Lipinski definition) is 2. The highest BCUT2D eigenvalue weighted by molar-refractivity contribution is 5.93. The molecule has 0 aliphatic heterocycles. The van der Waals surface area contributed by atoms with E-state index in [0.717, 1.165) is 12.1 Å². The summed E-state index contributed by atoms with van der Waals surface area (Å²) in [5.74, 6) is 0.454. The molecule has 0 unspecified atom stereocenters. The first kappa shape index (κ1) is 14.5. The standard InChI is InChI=1S/C13H21N3O2/c1-10-4-5-11(15-13(17)9-14)12(8-10)18-7-6-16(2)3/h4-5,8H,6-7,9,14H2,1-3H3,(H,15,17). The lowest BCUT2D eigenvalue weighted by Crippen LogP contribution is -2.23. The minimum absolute atomic E-state index is 0.0367. The molecule has 3 N–H and O–H groups in total. The molecule has 0 aliphatic rings. The van der Waals surface area contributed by atoms with Gasteiger partial charge in [0.15, 0.2) is 0 Å². The van der Waals surface area contributed by atoms with E-state index in [4.69, 9.17) is 10.5 Å². The van der Waals surface area contributed by atoms with Crippen molar-refractivity contribution in [2.75, 3.05) is 39.1 Å². The smallest absolute Gasteiger partial charge is 0.238 e. The van der Waals surface area contributed by atoms with Crippen LogP contribution in [0.25, 0.3) is 0 Å². The average molecular weight is 251 g/mol. The Morgan fingerprint density at radius 2 is 2.17 bits per heavy atom. The third-order valence-electron chi connectivity index (χ3n) is 2.39. The van der Waals surface area contributed by atoms with Crippen LogP contribution in [-0.2, 0) is 4.79 Å². The number of carbonyl (C=O) groups excluding carboxylic acids is 1. The van der Waals surface area contributed by atoms with E-state index in [2.05, 4.69) is 5.32 Å². The first-order chi connectivity index (χ1) is 8.52. The summed E-state index contributed by atoms with van der Waals surface area (Å²) in [6.45, 7) is 3.33. The summed E-state index contributed by atoms with van der Waals surface area (Å²) in [7, 11) is 3.97. The second-order valence-electron chi connectivity index (χ2n) is 4.40. The van der Waals surface area contributed by atoms with Crippen LogP contribution < -0.4 is 15.8 Å². The van der Waals surface area contributed by atoms with Crippen LogP contribution in [-0.4, -0.2) is 44.6 Å². The van der Waals surface area contributed by atoms with Gasteiger partial charge in [0.05, 0.1) is 12.2 Å². The minimum Gasteiger partial charge on any atom is -0.490 e. The van der Waals surface area contributed by atoms with Gasteiger partial charge in [-0.25, -0.2) is 0 Å². The van der Waals surface area contributed by atoms with Crippen molar-refractivity contribution in [3.63, 3.8) is 0 Å². The normalized spacial score (nSPS) is 10.5. The predicted molar refractivity (Wildman–Crippen MR) is 72.9 cm³/mol. The topological polar surface area (TPSA) is 67.6 Å². The van der Waals surface area contributed by atoms with Crippen LogP contribution >= 0.6 is 0 Å². The maximum Gasteiger partial charge on any atom is 0.238 e. The summed E-state index contributed by atoms with van der Waals surface area (Å²) in [5, 5.41) is 2.72. The molecule has 0 aromatic heterocycles. The van der Waals surface area contributed by atoms with Gasteiger partial charge < -0.3 is 20.7 Å². The third-order valence-corrected chi connectivity index (χ3v) is 2.39. The number of ether oxygens (including phenoxy) is 1. The fourth-order valence-corrected chi connectivity index (χ4v) is 1.39. The van der Waals surface area contributed by atoms with E-state index >= 15 is 0 Å². The number of hydrogen-bond acceptors (Lipinski definition) is 4. The van der Waals surface area contributed by atoms with E-state index in [9.17, 15) is 4.79 Å². The van der Waals surface area contributed by atoms with Gasteiger partial charge in [-0.1, -0.05) is 6.07 Å². The minimum atomic E-state index is -0.226. The maximum atomic E-state index is 11.3. The van der Waals surface area contributed by atoms with Crippen LogP contribution in [0.4, 0.5) is 5.69 Å². The van der Waals surface area contributed by atoms with E-state index < -0.39 is 0 Å². The molecule has 0 fully saturated rings. The van der Waals surface area contributed by atoms with Gasteiger partial charge >= 0.3 is 0 Å². The second kappa shape index (κ2) is 6.98. The Balaban J connectivity index is 2.73. The van der Waals surface area contributed by atoms with Crippen molar-refractivity contribution >= 4 is 11.6 Å². The number of likely N-dealkylation sites (N-methyl/N-ethyl adjacent to an activating group) is 1. The largest absolute Gasteiger partial charge is 0.490 e. The van der Waals surface area contributed by atoms with Gasteiger partial charge in [-0.3, -0.25) is 4.79 Å². The highest BCUT2D eigenvalue weighted by atomic mass is 16.5. The summed E-state index contributed by atoms with van der Waals surface area (Å²) in [6.07, 6.45) is 0. The van der Waals surface area contributed by atoms with Gasteiger partial charge in [-0.2, -0.15) is 0 Å². The summed E-state index contributed by atoms with van der Waals surface area (Å²) >= 11 is 0. The Bertz CT molecular complexity index is 405. The van der Waals surface area contributed by atoms with Gasteiger partial charge in [0.2, 0.25) is 5.91 Å². The summed E-state index contributed by atoms with van der Waals surface area (Å²) in [4.78, 5) is 13.3. The highest BCUT2D eigenvalue weighted by Gasteiger charge is 2.07. The molecule has 5 nitrogen and oxygen atoms in total. The Morgan fingerprint density at radius 3 is 2.78 bits per heavy atom. The van der Waals surface area contributed by atoms with E-state index in [1.54, 1.807) is 0 Å². The molecular formula is C13H21N3O2. The SMILES string of the molecule is Cc1ccc(NC(=O)CN)c(OCCN(C)C)c1. The lowest BCUT2D eigenvalue weighted by Gasteiger charge is -2.15. The Morgan fingerprint density at radius 1 is 1.44 bits per heavy atom. The zero-order valence-corrected chi connectivity index (χ0v) is 11.2. The van der Waals surface area contributed by atoms with Crippen molar-refractivity contribution in [3.05, 3.63) is 23.8 Å². The molecule has 0 bridgehead atoms. The van der Waals surface area contributed by atoms with Crippen LogP contribution in [0.2, 0.25) is 0 Å². The lowest BCUT2D eigenvalue weighted by molar-refractivity contribution is -0.114. The fraction of sp³-hybridized carbons (Fsp3) is 0.462. The van der Waals surface area contributed by atoms with Crippen molar-refractivity contribution in [3.8, 4) is 5.75 Å². The van der Waals surface area contributed by atoms with E-state index in [0.29, 0.717) is 18.0 Å². The Kier molecular flexibility index (Phi) is 5.61. The number of nitrogens with one attached hydrogen (secondary N) is 1. The number of carbonyl (C=O) groups is 1. The van der Waals surface area contributed by atoms with Crippen LogP contribution in [0.1, 0.15) is 5.56 Å². The first-order valence-corrected chi connectivity index (χ1v) is 5.91. The molecule has 18 heavy (non-hydrogen) atoms. The van der Waals surface area contributed by atoms with Crippen molar-refractivity contribution < 1.29 is 9.53 Å². The number of anilines is 1. The fourth-order valence-electron chi connectivity index (χ4n) is 1.39. The molecule has 0 atom stereocenters. The Labute approximate surface area is 108 Å². The van der Waals surface area contributed by atoms with Crippen molar-refractivity contribution in [2.45, 2.75) is 6.92 Å². The van der Waals surface area contributed by atoms with Gasteiger partial charge in [0, 0.05) is 6.54 Å². The molecule has 1 aromatic carbocycles. The molecular weight excluding hydrogens is 230 g/mol. The zero-order valence-electron chi connectivity index (χ0n) is 11.2. The van der Waals surface area contributed by atoms with E-state index in [1.165, 1.54) is 0 Å². The average Bonchev–Trinajstić information content (AvgIpc) is 2.31. The lowest BCUT2D eigenvalue weighted by atomic mass is 10.2. The Hall–Kier alpha value is -1.59. The molecule has 0 saturated carbocycles. The van der Waals surface area contributed by atoms with Gasteiger partial charge in [-0.05, 0) is 38.7 Å². The predicted octanol–water partition coefficient (Wildman–Crippen LogP) is 0.833.